The molecule has 2 aromatic carbocycles. The number of halogens is 2. The van der Waals surface area contributed by atoms with Crippen molar-refractivity contribution in [2.75, 3.05) is 54.6 Å². The molecule has 21 nitrogen and oxygen atoms in total. The minimum absolute atomic E-state index is 0.0269. The summed E-state index contributed by atoms with van der Waals surface area (Å²) in [6.07, 6.45) is -5.77. The lowest BCUT2D eigenvalue weighted by Crippen LogP contribution is -2.54. The zero-order chi connectivity index (χ0) is 68.5. The number of aliphatic carboxylic acids is 1. The summed E-state index contributed by atoms with van der Waals surface area (Å²) in [4.78, 5) is 131. The van der Waals surface area contributed by atoms with E-state index in [1.165, 1.54) is 69.7 Å². The summed E-state index contributed by atoms with van der Waals surface area (Å²) in [6, 6.07) is 8.88. The van der Waals surface area contributed by atoms with Gasteiger partial charge in [-0.25, -0.2) is 37.5 Å². The molecule has 91 heavy (non-hydrogen) atoms. The van der Waals surface area contributed by atoms with Crippen LogP contribution in [0.3, 0.4) is 0 Å². The average molecular weight is 1290 g/mol. The molecule has 2 aliphatic rings. The van der Waals surface area contributed by atoms with Crippen molar-refractivity contribution in [3.05, 3.63) is 70.8 Å². The summed E-state index contributed by atoms with van der Waals surface area (Å²) >= 11 is 0. The highest BCUT2D eigenvalue weighted by Crippen LogP contribution is 2.31. The normalized spacial score (nSPS) is 17.0. The summed E-state index contributed by atoms with van der Waals surface area (Å²) in [5, 5.41) is 9.54. The quantitative estimate of drug-likeness (QED) is 0.0545. The second-order valence-corrected chi connectivity index (χ2v) is 27.5. The number of esters is 4. The Bertz CT molecular complexity index is 2750. The number of ether oxygens (including phenoxy) is 7. The first-order valence-electron chi connectivity index (χ1n) is 31.8. The van der Waals surface area contributed by atoms with Crippen LogP contribution in [0, 0.1) is 11.8 Å². The summed E-state index contributed by atoms with van der Waals surface area (Å²) in [5.41, 5.74) is -1.70. The first-order chi connectivity index (χ1) is 42.3. The zero-order valence-electron chi connectivity index (χ0n) is 56.7. The summed E-state index contributed by atoms with van der Waals surface area (Å²) in [7, 11) is 5.10. The van der Waals surface area contributed by atoms with Crippen LogP contribution in [-0.4, -0.2) is 199 Å². The smallest absolute Gasteiger partial charge is 0.410 e. The van der Waals surface area contributed by atoms with Gasteiger partial charge in [-0.2, -0.15) is 0 Å². The molecule has 0 saturated carbocycles. The summed E-state index contributed by atoms with van der Waals surface area (Å²) < 4.78 is 71.0. The van der Waals surface area contributed by atoms with E-state index in [-0.39, 0.29) is 62.2 Å². The molecule has 23 heteroatoms. The molecule has 4 rings (SSSR count). The highest BCUT2D eigenvalue weighted by molar-refractivity contribution is 5.93. The van der Waals surface area contributed by atoms with Gasteiger partial charge in [-0.05, 0) is 160 Å². The third-order valence-electron chi connectivity index (χ3n) is 16.3. The van der Waals surface area contributed by atoms with Crippen LogP contribution < -0.4 is 0 Å². The molecular weight excluding hydrogens is 1180 g/mol. The van der Waals surface area contributed by atoms with E-state index in [1.54, 1.807) is 60.6 Å². The maximum absolute atomic E-state index is 16.0. The molecule has 0 unspecified atom stereocenters. The number of carbonyl (C=O) groups is 9. The van der Waals surface area contributed by atoms with Crippen LogP contribution in [0.1, 0.15) is 182 Å². The fourth-order valence-corrected chi connectivity index (χ4v) is 10.9. The molecule has 2 aromatic rings. The van der Waals surface area contributed by atoms with Crippen molar-refractivity contribution in [3.63, 3.8) is 0 Å². The monoisotopic (exact) mass is 1280 g/mol. The van der Waals surface area contributed by atoms with Crippen molar-refractivity contribution in [3.8, 4) is 0 Å². The maximum Gasteiger partial charge on any atom is 0.410 e. The van der Waals surface area contributed by atoms with E-state index in [9.17, 15) is 43.5 Å². The van der Waals surface area contributed by atoms with E-state index in [1.807, 2.05) is 36.4 Å². The molecule has 4 amide bonds. The summed E-state index contributed by atoms with van der Waals surface area (Å²) in [5.74, 6) is -8.53. The number of carboxylic acid groups (broad SMARTS) is 1. The number of likely N-dealkylation sites (N-methyl/N-ethyl adjacent to an activating group) is 4. The van der Waals surface area contributed by atoms with Crippen LogP contribution >= 0.6 is 0 Å². The van der Waals surface area contributed by atoms with E-state index in [0.29, 0.717) is 37.6 Å². The van der Waals surface area contributed by atoms with Gasteiger partial charge >= 0.3 is 35.9 Å². The Morgan fingerprint density at radius 1 is 0.505 bits per heavy atom. The van der Waals surface area contributed by atoms with Crippen molar-refractivity contribution in [1.29, 1.82) is 0 Å². The van der Waals surface area contributed by atoms with Gasteiger partial charge in [0.2, 0.25) is 0 Å². The topological polar surface area (TPSA) is 251 Å². The Morgan fingerprint density at radius 2 is 0.868 bits per heavy atom. The SMILES string of the molecule is CC(C)C[C@@H](C(=O)O[C@H](C)C(=O)N(C)[C@@H](CC(C)(C)F)C(=O)O[C@H](Cc1ccc(C2CCOCC2)cc1)C(=O)N(C)[C@@H](CC(C)C)C(=O)O[C@H](C)C(=O)O)N(C)C(=O)[C@@H](Cc1ccc(C2CCOCC2)cc1)OC(=O)[C@H](CCC(C)(C)F)N(C)C(=O)OC(C)(C)C. The number of nitrogens with zero attached hydrogens (tertiary/aromatic N) is 4. The lowest BCUT2D eigenvalue weighted by Gasteiger charge is -2.35. The van der Waals surface area contributed by atoms with Gasteiger partial charge in [-0.15, -0.1) is 0 Å². The van der Waals surface area contributed by atoms with Crippen LogP contribution in [0.2, 0.25) is 0 Å². The second kappa shape index (κ2) is 34.2. The van der Waals surface area contributed by atoms with E-state index in [2.05, 4.69) is 0 Å². The van der Waals surface area contributed by atoms with Crippen molar-refractivity contribution >= 4 is 53.7 Å². The molecule has 2 aliphatic heterocycles. The largest absolute Gasteiger partial charge is 0.479 e. The molecule has 510 valence electrons. The molecule has 0 aromatic heterocycles. The van der Waals surface area contributed by atoms with E-state index in [0.717, 1.165) is 56.4 Å². The molecule has 0 radical (unpaired) electrons. The Hall–Kier alpha value is -6.75. The van der Waals surface area contributed by atoms with Gasteiger partial charge in [0.15, 0.2) is 24.4 Å². The number of hydrogen-bond donors (Lipinski definition) is 1. The lowest BCUT2D eigenvalue weighted by molar-refractivity contribution is -0.175. The minimum atomic E-state index is -2.16. The molecule has 0 bridgehead atoms. The van der Waals surface area contributed by atoms with Crippen LogP contribution in [0.15, 0.2) is 48.5 Å². The van der Waals surface area contributed by atoms with Crippen LogP contribution in [0.4, 0.5) is 13.6 Å². The second-order valence-electron chi connectivity index (χ2n) is 27.5. The fourth-order valence-electron chi connectivity index (χ4n) is 10.9. The summed E-state index contributed by atoms with van der Waals surface area (Å²) in [6.45, 7) is 21.9. The number of carbonyl (C=O) groups excluding carboxylic acids is 8. The molecule has 2 fully saturated rings. The number of hydrogen-bond acceptors (Lipinski definition) is 16. The molecule has 2 heterocycles. The number of carboxylic acids is 1. The molecule has 0 spiro atoms. The van der Waals surface area contributed by atoms with Crippen LogP contribution in [0.5, 0.6) is 0 Å². The Morgan fingerprint density at radius 3 is 1.22 bits per heavy atom. The highest BCUT2D eigenvalue weighted by Gasteiger charge is 2.44. The molecule has 8 atom stereocenters. The van der Waals surface area contributed by atoms with E-state index < -0.39 is 126 Å². The van der Waals surface area contributed by atoms with Gasteiger partial charge in [0, 0.05) is 73.9 Å². The molecule has 0 aliphatic carbocycles. The average Bonchev–Trinajstić information content (AvgIpc) is 2.81. The van der Waals surface area contributed by atoms with Gasteiger partial charge in [0.25, 0.3) is 17.7 Å². The first-order valence-corrected chi connectivity index (χ1v) is 31.8. The van der Waals surface area contributed by atoms with E-state index in [4.69, 9.17) is 33.2 Å². The highest BCUT2D eigenvalue weighted by atomic mass is 19.1. The number of amides is 4. The van der Waals surface area contributed by atoms with Crippen LogP contribution in [0.25, 0.3) is 0 Å². The molecule has 1 N–H and O–H groups in total. The fraction of sp³-hybridized carbons (Fsp3) is 0.691. The standard InChI is InChI=1S/C68H102F2N4O17/c1-41(2)36-52(71(14)58(76)55(38-45-18-22-47(23-19-45)49-27-32-85-33-28-49)89-61(80)51(26-31-67(10,11)69)74(17)65(84)91-66(7,8)9)62(81)87-43(5)57(75)73(16)54(40-68(12,13)70)64(83)90-56(39-46-20-24-48(25-21-46)50-29-34-86-35-30-50)59(77)72(15)53(37-42(3)4)63(82)88-44(6)60(78)79/h18-25,41-44,49-56H,26-40H2,1-17H3,(H,78,79)/t43-,44-,51+,52+,53+,54+,55-,56-/m1/s1. The third-order valence-corrected chi connectivity index (χ3v) is 16.3. The lowest BCUT2D eigenvalue weighted by atomic mass is 9.90. The minimum Gasteiger partial charge on any atom is -0.479 e. The Labute approximate surface area is 536 Å². The predicted octanol–water partition coefficient (Wildman–Crippen LogP) is 9.51. The van der Waals surface area contributed by atoms with Gasteiger partial charge in [-0.1, -0.05) is 76.2 Å². The van der Waals surface area contributed by atoms with Crippen LogP contribution in [-0.2, 0) is 84.4 Å². The van der Waals surface area contributed by atoms with Gasteiger partial charge in [0.05, 0.1) is 0 Å². The maximum atomic E-state index is 16.0. The van der Waals surface area contributed by atoms with Gasteiger partial charge in [0.1, 0.15) is 41.1 Å². The third kappa shape index (κ3) is 24.7. The first kappa shape index (κ1) is 76.7. The van der Waals surface area contributed by atoms with Crippen molar-refractivity contribution < 1.29 is 90.2 Å². The zero-order valence-corrected chi connectivity index (χ0v) is 56.7. The molecular formula is C68H102F2N4O17. The Kier molecular flexibility index (Phi) is 28.9. The van der Waals surface area contributed by atoms with Crippen molar-refractivity contribution in [2.24, 2.45) is 11.8 Å². The Balaban J connectivity index is 1.69. The predicted molar refractivity (Wildman–Crippen MR) is 335 cm³/mol. The number of rotatable bonds is 31. The van der Waals surface area contributed by atoms with Gasteiger partial charge < -0.3 is 53.0 Å². The molecule has 2 saturated heterocycles. The number of alkyl halides is 2. The van der Waals surface area contributed by atoms with Gasteiger partial charge in [-0.3, -0.25) is 19.3 Å². The number of benzene rings is 2. The van der Waals surface area contributed by atoms with E-state index >= 15 is 13.6 Å². The van der Waals surface area contributed by atoms with Crippen molar-refractivity contribution in [1.82, 2.24) is 19.6 Å². The van der Waals surface area contributed by atoms with Crippen molar-refractivity contribution in [2.45, 2.75) is 238 Å².